The summed E-state index contributed by atoms with van der Waals surface area (Å²) in [4.78, 5) is 17.9. The van der Waals surface area contributed by atoms with Crippen LogP contribution in [-0.2, 0) is 10.2 Å². The molecule has 1 spiro atoms. The largest absolute Gasteiger partial charge is 0.375 e. The number of rotatable bonds is 5. The van der Waals surface area contributed by atoms with Gasteiger partial charge in [0.25, 0.3) is 0 Å². The first-order chi connectivity index (χ1) is 14.2. The van der Waals surface area contributed by atoms with Gasteiger partial charge < -0.3 is 10.1 Å². The van der Waals surface area contributed by atoms with Crippen LogP contribution in [0.1, 0.15) is 84.8 Å². The summed E-state index contributed by atoms with van der Waals surface area (Å²) in [6.07, 6.45) is 11.7. The summed E-state index contributed by atoms with van der Waals surface area (Å²) in [6, 6.07) is 8.78. The second-order valence-corrected chi connectivity index (χ2v) is 10.0. The van der Waals surface area contributed by atoms with E-state index in [0.717, 1.165) is 43.7 Å². The van der Waals surface area contributed by atoms with E-state index in [4.69, 9.17) is 9.72 Å². The highest BCUT2D eigenvalue weighted by molar-refractivity contribution is 7.12. The number of carbonyl (C=O) groups excluding carboxylic acids is 1. The number of thiophene rings is 1. The van der Waals surface area contributed by atoms with Crippen molar-refractivity contribution in [2.75, 3.05) is 13.2 Å². The van der Waals surface area contributed by atoms with Crippen molar-refractivity contribution in [1.29, 1.82) is 0 Å². The molecule has 2 atom stereocenters. The number of ether oxygens (including phenoxy) is 1. The van der Waals surface area contributed by atoms with E-state index >= 15 is 0 Å². The minimum atomic E-state index is 0.0631. The average molecular weight is 411 g/mol. The Bertz CT molecular complexity index is 859. The lowest BCUT2D eigenvalue weighted by molar-refractivity contribution is -0.104. The third kappa shape index (κ3) is 3.69. The standard InChI is InChI=1S/C24H30N2O2S/c27-20-7-6-19(18-8-16-29-22(18)20)25-14-11-23(21-5-1-4-13-26-21)12-15-28-24(17-23)9-2-3-10-24/h1,4-5,8,13,16,19,25H,2-3,6-7,9-12,14-15,17H2/t19-,23+/m0/s1. The highest BCUT2D eigenvalue weighted by atomic mass is 32.1. The fraction of sp³-hybridized carbons (Fsp3) is 0.583. The number of ketones is 1. The van der Waals surface area contributed by atoms with Crippen LogP contribution < -0.4 is 5.32 Å². The number of Topliss-reactive ketones (excluding diaryl/α,β-unsaturated/α-hetero) is 1. The van der Waals surface area contributed by atoms with Crippen LogP contribution in [0.25, 0.3) is 0 Å². The molecule has 3 aliphatic rings. The summed E-state index contributed by atoms with van der Waals surface area (Å²) < 4.78 is 6.36. The molecular formula is C24H30N2O2S. The molecule has 1 saturated carbocycles. The Morgan fingerprint density at radius 3 is 2.93 bits per heavy atom. The van der Waals surface area contributed by atoms with E-state index < -0.39 is 0 Å². The molecule has 29 heavy (non-hydrogen) atoms. The zero-order valence-electron chi connectivity index (χ0n) is 17.0. The zero-order chi connectivity index (χ0) is 19.7. The Balaban J connectivity index is 1.34. The molecule has 3 heterocycles. The third-order valence-corrected chi connectivity index (χ3v) is 8.32. The van der Waals surface area contributed by atoms with Crippen LogP contribution >= 0.6 is 11.3 Å². The maximum Gasteiger partial charge on any atom is 0.173 e. The molecule has 2 aliphatic carbocycles. The minimum absolute atomic E-state index is 0.0631. The van der Waals surface area contributed by atoms with Crippen LogP contribution in [0, 0.1) is 0 Å². The van der Waals surface area contributed by atoms with Gasteiger partial charge in [0, 0.05) is 36.4 Å². The maximum atomic E-state index is 12.2. The highest BCUT2D eigenvalue weighted by Gasteiger charge is 2.48. The average Bonchev–Trinajstić information content (AvgIpc) is 3.41. The van der Waals surface area contributed by atoms with Crippen LogP contribution in [0.3, 0.4) is 0 Å². The van der Waals surface area contributed by atoms with E-state index in [2.05, 4.69) is 28.9 Å². The normalized spacial score (nSPS) is 28.6. The summed E-state index contributed by atoms with van der Waals surface area (Å²) in [7, 11) is 0. The molecule has 0 unspecified atom stereocenters. The van der Waals surface area contributed by atoms with Crippen LogP contribution in [0.4, 0.5) is 0 Å². The number of aromatic nitrogens is 1. The number of hydrogen-bond donors (Lipinski definition) is 1. The molecule has 2 aromatic rings. The van der Waals surface area contributed by atoms with Gasteiger partial charge in [0.2, 0.25) is 0 Å². The summed E-state index contributed by atoms with van der Waals surface area (Å²) >= 11 is 1.59. The monoisotopic (exact) mass is 410 g/mol. The summed E-state index contributed by atoms with van der Waals surface area (Å²) in [6.45, 7) is 1.78. The molecule has 1 aliphatic heterocycles. The van der Waals surface area contributed by atoms with Crippen molar-refractivity contribution in [2.45, 2.75) is 74.8 Å². The van der Waals surface area contributed by atoms with Gasteiger partial charge in [0.15, 0.2) is 5.78 Å². The second-order valence-electron chi connectivity index (χ2n) is 9.08. The molecule has 0 radical (unpaired) electrons. The third-order valence-electron chi connectivity index (χ3n) is 7.35. The van der Waals surface area contributed by atoms with Gasteiger partial charge in [-0.15, -0.1) is 11.3 Å². The molecule has 0 amide bonds. The van der Waals surface area contributed by atoms with Crippen LogP contribution in [0.5, 0.6) is 0 Å². The van der Waals surface area contributed by atoms with E-state index in [-0.39, 0.29) is 11.0 Å². The Hall–Kier alpha value is -1.56. The van der Waals surface area contributed by atoms with Gasteiger partial charge >= 0.3 is 0 Å². The highest BCUT2D eigenvalue weighted by Crippen LogP contribution is 2.49. The van der Waals surface area contributed by atoms with E-state index in [1.807, 2.05) is 12.3 Å². The topological polar surface area (TPSA) is 51.2 Å². The molecule has 154 valence electrons. The Kier molecular flexibility index (Phi) is 5.31. The molecule has 2 aromatic heterocycles. The fourth-order valence-corrected chi connectivity index (χ4v) is 6.79. The SMILES string of the molecule is O=C1CC[C@H](NCC[C@@]2(c3ccccn3)CCOC3(CCCC3)C2)c2ccsc21. The lowest BCUT2D eigenvalue weighted by Crippen LogP contribution is -2.47. The Morgan fingerprint density at radius 2 is 2.10 bits per heavy atom. The number of hydrogen-bond acceptors (Lipinski definition) is 5. The van der Waals surface area contributed by atoms with Gasteiger partial charge in [0.1, 0.15) is 0 Å². The lowest BCUT2D eigenvalue weighted by atomic mass is 9.68. The molecule has 2 fully saturated rings. The molecule has 0 bridgehead atoms. The van der Waals surface area contributed by atoms with E-state index in [1.165, 1.54) is 36.9 Å². The van der Waals surface area contributed by atoms with Gasteiger partial charge in [-0.05, 0) is 74.2 Å². The number of pyridine rings is 1. The molecule has 1 N–H and O–H groups in total. The van der Waals surface area contributed by atoms with Crippen LogP contribution in [0.15, 0.2) is 35.8 Å². The molecule has 4 nitrogen and oxygen atoms in total. The smallest absolute Gasteiger partial charge is 0.173 e. The summed E-state index contributed by atoms with van der Waals surface area (Å²) in [5.74, 6) is 0.311. The molecule has 0 aromatic carbocycles. The molecular weight excluding hydrogens is 380 g/mol. The predicted octanol–water partition coefficient (Wildman–Crippen LogP) is 5.20. The summed E-state index contributed by atoms with van der Waals surface area (Å²) in [5, 5.41) is 5.85. The summed E-state index contributed by atoms with van der Waals surface area (Å²) in [5.41, 5.74) is 2.58. The number of nitrogens with zero attached hydrogens (tertiary/aromatic N) is 1. The Labute approximate surface area is 177 Å². The van der Waals surface area contributed by atoms with Crippen molar-refractivity contribution < 1.29 is 9.53 Å². The Morgan fingerprint density at radius 1 is 1.21 bits per heavy atom. The number of carbonyl (C=O) groups is 1. The first-order valence-electron chi connectivity index (χ1n) is 11.1. The van der Waals surface area contributed by atoms with Gasteiger partial charge in [-0.25, -0.2) is 0 Å². The van der Waals surface area contributed by atoms with Crippen molar-refractivity contribution in [1.82, 2.24) is 10.3 Å². The van der Waals surface area contributed by atoms with Crippen LogP contribution in [-0.4, -0.2) is 29.5 Å². The predicted molar refractivity (Wildman–Crippen MR) is 116 cm³/mol. The first-order valence-corrected chi connectivity index (χ1v) is 12.0. The van der Waals surface area contributed by atoms with Crippen molar-refractivity contribution >= 4 is 17.1 Å². The fourth-order valence-electron chi connectivity index (χ4n) is 5.86. The molecule has 1 saturated heterocycles. The molecule has 5 rings (SSSR count). The van der Waals surface area contributed by atoms with Crippen LogP contribution in [0.2, 0.25) is 0 Å². The minimum Gasteiger partial charge on any atom is -0.375 e. The second kappa shape index (κ2) is 7.93. The maximum absolute atomic E-state index is 12.2. The van der Waals surface area contributed by atoms with Crippen molar-refractivity contribution in [3.63, 3.8) is 0 Å². The molecule has 5 heteroatoms. The number of fused-ring (bicyclic) bond motifs is 1. The van der Waals surface area contributed by atoms with E-state index in [1.54, 1.807) is 11.3 Å². The quantitative estimate of drug-likeness (QED) is 0.736. The van der Waals surface area contributed by atoms with E-state index in [9.17, 15) is 4.79 Å². The number of nitrogens with one attached hydrogen (secondary N) is 1. The lowest BCUT2D eigenvalue weighted by Gasteiger charge is -2.46. The van der Waals surface area contributed by atoms with Gasteiger partial charge in [-0.2, -0.15) is 0 Å². The van der Waals surface area contributed by atoms with E-state index in [0.29, 0.717) is 18.2 Å². The van der Waals surface area contributed by atoms with Crippen molar-refractivity contribution in [3.8, 4) is 0 Å². The van der Waals surface area contributed by atoms with Crippen molar-refractivity contribution in [3.05, 3.63) is 52.0 Å². The van der Waals surface area contributed by atoms with Gasteiger partial charge in [-0.3, -0.25) is 9.78 Å². The zero-order valence-corrected chi connectivity index (χ0v) is 17.8. The van der Waals surface area contributed by atoms with Crippen molar-refractivity contribution in [2.24, 2.45) is 0 Å². The first kappa shape index (κ1) is 19.4. The van der Waals surface area contributed by atoms with Gasteiger partial charge in [-0.1, -0.05) is 18.9 Å². The van der Waals surface area contributed by atoms with Gasteiger partial charge in [0.05, 0.1) is 10.5 Å².